The molecule has 4 nitrogen and oxygen atoms in total. The van der Waals surface area contributed by atoms with Gasteiger partial charge in [-0.15, -0.1) is 0 Å². The summed E-state index contributed by atoms with van der Waals surface area (Å²) in [5, 5.41) is 8.93. The molecule has 2 rings (SSSR count). The van der Waals surface area contributed by atoms with E-state index in [9.17, 15) is 4.79 Å². The van der Waals surface area contributed by atoms with E-state index in [1.165, 1.54) is 0 Å². The molecular formula is C12H18N2O2. The summed E-state index contributed by atoms with van der Waals surface area (Å²) in [7, 11) is 0. The number of carboxylic acids is 1. The maximum absolute atomic E-state index is 10.8. The van der Waals surface area contributed by atoms with Crippen LogP contribution in [0.15, 0.2) is 6.20 Å². The van der Waals surface area contributed by atoms with Crippen LogP contribution in [-0.4, -0.2) is 20.6 Å². The molecule has 0 amide bonds. The van der Waals surface area contributed by atoms with Crippen molar-refractivity contribution in [2.24, 2.45) is 5.92 Å². The zero-order valence-corrected chi connectivity index (χ0v) is 9.81. The largest absolute Gasteiger partial charge is 0.481 e. The van der Waals surface area contributed by atoms with Crippen molar-refractivity contribution in [2.75, 3.05) is 0 Å². The van der Waals surface area contributed by atoms with Crippen LogP contribution in [0.2, 0.25) is 0 Å². The summed E-state index contributed by atoms with van der Waals surface area (Å²) in [6.07, 6.45) is 5.55. The van der Waals surface area contributed by atoms with Crippen LogP contribution in [0.5, 0.6) is 0 Å². The second kappa shape index (κ2) is 4.28. The Kier molecular flexibility index (Phi) is 2.99. The number of carbonyl (C=O) groups is 1. The summed E-state index contributed by atoms with van der Waals surface area (Å²) in [5.74, 6) is 0.259. The molecule has 0 atom stereocenters. The van der Waals surface area contributed by atoms with Crippen molar-refractivity contribution in [3.05, 3.63) is 17.7 Å². The Labute approximate surface area is 95.3 Å². The van der Waals surface area contributed by atoms with Crippen molar-refractivity contribution in [1.82, 2.24) is 9.55 Å². The maximum atomic E-state index is 10.8. The summed E-state index contributed by atoms with van der Waals surface area (Å²) >= 11 is 0. The molecule has 4 heteroatoms. The first-order valence-corrected chi connectivity index (χ1v) is 5.83. The highest BCUT2D eigenvalue weighted by Gasteiger charge is 2.27. The molecule has 1 fully saturated rings. The normalized spacial score (nSPS) is 25.6. The number of nitrogens with zero attached hydrogens (tertiary/aromatic N) is 2. The van der Waals surface area contributed by atoms with Crippen molar-refractivity contribution in [3.63, 3.8) is 0 Å². The standard InChI is InChI=1S/C12H18N2O2/c1-8-7-14(9(2)13-8)11-5-3-10(4-6-11)12(15)16/h7,10-11H,3-6H2,1-2H3,(H,15,16). The molecule has 0 aliphatic heterocycles. The summed E-state index contributed by atoms with van der Waals surface area (Å²) in [6.45, 7) is 4.00. The first-order chi connectivity index (χ1) is 7.58. The highest BCUT2D eigenvalue weighted by Crippen LogP contribution is 2.33. The molecule has 0 unspecified atom stereocenters. The van der Waals surface area contributed by atoms with Crippen LogP contribution in [0, 0.1) is 19.8 Å². The van der Waals surface area contributed by atoms with Gasteiger partial charge >= 0.3 is 5.97 Å². The van der Waals surface area contributed by atoms with Gasteiger partial charge in [0, 0.05) is 12.2 Å². The van der Waals surface area contributed by atoms with E-state index in [0.29, 0.717) is 6.04 Å². The molecule has 1 heterocycles. The van der Waals surface area contributed by atoms with Crippen molar-refractivity contribution >= 4 is 5.97 Å². The van der Waals surface area contributed by atoms with E-state index >= 15 is 0 Å². The predicted molar refractivity (Wildman–Crippen MR) is 60.3 cm³/mol. The molecule has 1 aromatic rings. The van der Waals surface area contributed by atoms with Gasteiger partial charge in [-0.1, -0.05) is 0 Å². The molecule has 1 aliphatic rings. The van der Waals surface area contributed by atoms with Gasteiger partial charge in [0.25, 0.3) is 0 Å². The number of hydrogen-bond acceptors (Lipinski definition) is 2. The minimum absolute atomic E-state index is 0.138. The Morgan fingerprint density at radius 3 is 2.44 bits per heavy atom. The summed E-state index contributed by atoms with van der Waals surface area (Å²) in [6, 6.07) is 0.441. The third-order valence-corrected chi connectivity index (χ3v) is 3.48. The fraction of sp³-hybridized carbons (Fsp3) is 0.667. The third kappa shape index (κ3) is 2.10. The molecule has 0 bridgehead atoms. The summed E-state index contributed by atoms with van der Waals surface area (Å²) in [4.78, 5) is 15.2. The Hall–Kier alpha value is -1.32. The molecule has 1 N–H and O–H groups in total. The average molecular weight is 222 g/mol. The zero-order valence-electron chi connectivity index (χ0n) is 9.81. The molecule has 0 aromatic carbocycles. The summed E-state index contributed by atoms with van der Waals surface area (Å²) in [5.41, 5.74) is 1.04. The Balaban J connectivity index is 2.04. The molecular weight excluding hydrogens is 204 g/mol. The number of rotatable bonds is 2. The maximum Gasteiger partial charge on any atom is 0.306 e. The lowest BCUT2D eigenvalue weighted by atomic mass is 9.86. The van der Waals surface area contributed by atoms with Gasteiger partial charge in [0.2, 0.25) is 0 Å². The fourth-order valence-corrected chi connectivity index (χ4v) is 2.61. The van der Waals surface area contributed by atoms with Gasteiger partial charge < -0.3 is 9.67 Å². The molecule has 16 heavy (non-hydrogen) atoms. The highest BCUT2D eigenvalue weighted by molar-refractivity contribution is 5.70. The van der Waals surface area contributed by atoms with Gasteiger partial charge in [0.15, 0.2) is 0 Å². The fourth-order valence-electron chi connectivity index (χ4n) is 2.61. The minimum Gasteiger partial charge on any atom is -0.481 e. The second-order valence-electron chi connectivity index (χ2n) is 4.68. The lowest BCUT2D eigenvalue weighted by Gasteiger charge is -2.27. The molecule has 1 saturated carbocycles. The van der Waals surface area contributed by atoms with Gasteiger partial charge in [0.05, 0.1) is 11.6 Å². The van der Waals surface area contributed by atoms with E-state index in [0.717, 1.165) is 37.2 Å². The first-order valence-electron chi connectivity index (χ1n) is 5.83. The quantitative estimate of drug-likeness (QED) is 0.835. The topological polar surface area (TPSA) is 55.1 Å². The predicted octanol–water partition coefficient (Wildman–Crippen LogP) is 2.32. The number of aryl methyl sites for hydroxylation is 2. The monoisotopic (exact) mass is 222 g/mol. The van der Waals surface area contributed by atoms with Crippen molar-refractivity contribution < 1.29 is 9.90 Å². The van der Waals surface area contributed by atoms with Gasteiger partial charge in [-0.3, -0.25) is 4.79 Å². The SMILES string of the molecule is Cc1cn(C2CCC(C(=O)O)CC2)c(C)n1. The number of aromatic nitrogens is 2. The third-order valence-electron chi connectivity index (χ3n) is 3.48. The highest BCUT2D eigenvalue weighted by atomic mass is 16.4. The van der Waals surface area contributed by atoms with E-state index in [-0.39, 0.29) is 5.92 Å². The molecule has 88 valence electrons. The Morgan fingerprint density at radius 1 is 1.38 bits per heavy atom. The van der Waals surface area contributed by atoms with Crippen LogP contribution in [0.25, 0.3) is 0 Å². The second-order valence-corrected chi connectivity index (χ2v) is 4.68. The number of imidazole rings is 1. The van der Waals surface area contributed by atoms with E-state index < -0.39 is 5.97 Å². The molecule has 1 aromatic heterocycles. The van der Waals surface area contributed by atoms with Gasteiger partial charge in [-0.05, 0) is 39.5 Å². The smallest absolute Gasteiger partial charge is 0.306 e. The van der Waals surface area contributed by atoms with Crippen molar-refractivity contribution in [3.8, 4) is 0 Å². The van der Waals surface area contributed by atoms with E-state index in [2.05, 4.69) is 15.7 Å². The number of aliphatic carboxylic acids is 1. The van der Waals surface area contributed by atoms with Crippen LogP contribution in [0.1, 0.15) is 43.2 Å². The lowest BCUT2D eigenvalue weighted by molar-refractivity contribution is -0.143. The average Bonchev–Trinajstić information content (AvgIpc) is 2.58. The van der Waals surface area contributed by atoms with Crippen LogP contribution >= 0.6 is 0 Å². The van der Waals surface area contributed by atoms with Gasteiger partial charge in [-0.2, -0.15) is 0 Å². The summed E-state index contributed by atoms with van der Waals surface area (Å²) < 4.78 is 2.20. The first kappa shape index (κ1) is 11.2. The minimum atomic E-state index is -0.642. The van der Waals surface area contributed by atoms with Crippen LogP contribution in [-0.2, 0) is 4.79 Å². The molecule has 0 saturated heterocycles. The molecule has 0 spiro atoms. The van der Waals surface area contributed by atoms with Crippen LogP contribution in [0.4, 0.5) is 0 Å². The Morgan fingerprint density at radius 2 is 2.00 bits per heavy atom. The van der Waals surface area contributed by atoms with E-state index in [1.807, 2.05) is 13.8 Å². The Bertz CT molecular complexity index is 390. The van der Waals surface area contributed by atoms with Gasteiger partial charge in [-0.25, -0.2) is 4.98 Å². The zero-order chi connectivity index (χ0) is 11.7. The van der Waals surface area contributed by atoms with E-state index in [1.54, 1.807) is 0 Å². The van der Waals surface area contributed by atoms with Crippen molar-refractivity contribution in [2.45, 2.75) is 45.6 Å². The molecule has 0 radical (unpaired) electrons. The molecule has 1 aliphatic carbocycles. The number of carboxylic acid groups (broad SMARTS) is 1. The van der Waals surface area contributed by atoms with Gasteiger partial charge in [0.1, 0.15) is 5.82 Å². The van der Waals surface area contributed by atoms with Crippen LogP contribution in [0.3, 0.4) is 0 Å². The van der Waals surface area contributed by atoms with Crippen molar-refractivity contribution in [1.29, 1.82) is 0 Å². The number of hydrogen-bond donors (Lipinski definition) is 1. The lowest BCUT2D eigenvalue weighted by Crippen LogP contribution is -2.23. The van der Waals surface area contributed by atoms with Crippen LogP contribution < -0.4 is 0 Å². The van der Waals surface area contributed by atoms with E-state index in [4.69, 9.17) is 5.11 Å².